The Hall–Kier alpha value is -2.71. The van der Waals surface area contributed by atoms with Crippen molar-refractivity contribution >= 4 is 38.1 Å². The van der Waals surface area contributed by atoms with E-state index in [0.717, 1.165) is 28.7 Å². The van der Waals surface area contributed by atoms with E-state index in [1.807, 2.05) is 20.8 Å². The Morgan fingerprint density at radius 3 is 1.86 bits per heavy atom. The fourth-order valence-electron chi connectivity index (χ4n) is 4.35. The summed E-state index contributed by atoms with van der Waals surface area (Å²) in [7, 11) is 4.43. The topological polar surface area (TPSA) is 17.1 Å². The van der Waals surface area contributed by atoms with Crippen LogP contribution >= 0.6 is 0 Å². The van der Waals surface area contributed by atoms with E-state index in [1.54, 1.807) is 0 Å². The van der Waals surface area contributed by atoms with Crippen molar-refractivity contribution < 1.29 is 9.28 Å². The van der Waals surface area contributed by atoms with Gasteiger partial charge in [0.05, 0.1) is 27.1 Å². The van der Waals surface area contributed by atoms with Gasteiger partial charge in [-0.25, -0.2) is 0 Å². The van der Waals surface area contributed by atoms with Crippen LogP contribution < -0.4 is 0 Å². The minimum Gasteiger partial charge on any atom is -0.324 e. The maximum absolute atomic E-state index is 12.4. The molecule has 0 atom stereocenters. The Balaban J connectivity index is 1.64. The third-order valence-electron chi connectivity index (χ3n) is 6.25. The zero-order valence-electron chi connectivity index (χ0n) is 18.2. The van der Waals surface area contributed by atoms with Gasteiger partial charge < -0.3 is 4.48 Å². The lowest BCUT2D eigenvalue weighted by molar-refractivity contribution is -0.903. The van der Waals surface area contributed by atoms with Gasteiger partial charge in [-0.3, -0.25) is 4.79 Å². The van der Waals surface area contributed by atoms with Gasteiger partial charge in [0, 0.05) is 5.56 Å². The highest BCUT2D eigenvalue weighted by molar-refractivity contribution is 6.23. The number of benzene rings is 4. The molecule has 0 unspecified atom stereocenters. The Kier molecular flexibility index (Phi) is 4.92. The van der Waals surface area contributed by atoms with Crippen molar-refractivity contribution in [2.45, 2.75) is 33.7 Å². The summed E-state index contributed by atoms with van der Waals surface area (Å²) in [4.78, 5) is 12.4. The predicted octanol–water partition coefficient (Wildman–Crippen LogP) is 6.48. The molecule has 4 aromatic carbocycles. The summed E-state index contributed by atoms with van der Waals surface area (Å²) >= 11 is 0. The van der Waals surface area contributed by atoms with E-state index < -0.39 is 0 Å². The van der Waals surface area contributed by atoms with Crippen LogP contribution in [0.4, 0.5) is 0 Å². The number of hydrogen-bond acceptors (Lipinski definition) is 1. The lowest BCUT2D eigenvalue weighted by atomic mass is 9.93. The monoisotopic (exact) mass is 384 g/mol. The minimum absolute atomic E-state index is 0.270. The largest absolute Gasteiger partial charge is 0.324 e. The molecule has 4 rings (SSSR count). The van der Waals surface area contributed by atoms with E-state index >= 15 is 0 Å². The molecule has 0 aliphatic heterocycles. The van der Waals surface area contributed by atoms with E-state index in [-0.39, 0.29) is 5.78 Å². The Labute approximate surface area is 173 Å². The molecule has 0 aliphatic carbocycles. The fraction of sp³-hybridized carbons (Fsp3) is 0.296. The number of nitrogens with zero attached hydrogens (tertiary/aromatic N) is 1. The van der Waals surface area contributed by atoms with Crippen LogP contribution in [0.3, 0.4) is 0 Å². The van der Waals surface area contributed by atoms with E-state index in [1.165, 1.54) is 37.9 Å². The van der Waals surface area contributed by atoms with Gasteiger partial charge in [0.15, 0.2) is 5.78 Å². The first-order chi connectivity index (χ1) is 13.7. The number of Topliss-reactive ketones (excluding diaryl/α,β-unsaturated/α-hetero) is 1. The molecule has 148 valence electrons. The first-order valence-electron chi connectivity index (χ1n) is 10.4. The quantitative estimate of drug-likeness (QED) is 0.211. The van der Waals surface area contributed by atoms with Crippen molar-refractivity contribution in [1.82, 2.24) is 0 Å². The van der Waals surface area contributed by atoms with Gasteiger partial charge in [0.2, 0.25) is 0 Å². The molecule has 29 heavy (non-hydrogen) atoms. The standard InChI is InChI=1S/C27H30NO/c1-18(2)19(3)25(29)13-14-28(4,5)17-20-15-23-11-9-21-7-6-8-22-10-12-24(16-20)27(23)26(21)22/h6-12,15-16H,13-14,17H2,1-5H3/q+1. The number of ketones is 1. The van der Waals surface area contributed by atoms with Crippen molar-refractivity contribution in [2.24, 2.45) is 0 Å². The molecule has 2 heteroatoms. The van der Waals surface area contributed by atoms with Gasteiger partial charge in [0.25, 0.3) is 0 Å². The van der Waals surface area contributed by atoms with Gasteiger partial charge in [0.1, 0.15) is 6.54 Å². The first-order valence-corrected chi connectivity index (χ1v) is 10.4. The number of carbonyl (C=O) groups excluding carboxylic acids is 1. The average molecular weight is 385 g/mol. The number of carbonyl (C=O) groups is 1. The van der Waals surface area contributed by atoms with Gasteiger partial charge in [-0.2, -0.15) is 0 Å². The number of allylic oxidation sites excluding steroid dienone is 2. The molecule has 0 saturated heterocycles. The molecule has 0 saturated carbocycles. The summed E-state index contributed by atoms with van der Waals surface area (Å²) in [6.07, 6.45) is 0.596. The highest BCUT2D eigenvalue weighted by atomic mass is 16.1. The van der Waals surface area contributed by atoms with E-state index in [9.17, 15) is 4.79 Å². The van der Waals surface area contributed by atoms with Crippen molar-refractivity contribution in [3.63, 3.8) is 0 Å². The Morgan fingerprint density at radius 1 is 0.793 bits per heavy atom. The van der Waals surface area contributed by atoms with Crippen LogP contribution in [0.25, 0.3) is 32.3 Å². The zero-order valence-corrected chi connectivity index (χ0v) is 18.2. The third-order valence-corrected chi connectivity index (χ3v) is 6.25. The fourth-order valence-corrected chi connectivity index (χ4v) is 4.35. The molecule has 0 radical (unpaired) electrons. The van der Waals surface area contributed by atoms with E-state index in [0.29, 0.717) is 6.42 Å². The summed E-state index contributed by atoms with van der Waals surface area (Å²) in [5.41, 5.74) is 3.35. The predicted molar refractivity (Wildman–Crippen MR) is 124 cm³/mol. The zero-order chi connectivity index (χ0) is 20.8. The SMILES string of the molecule is CC(C)=C(C)C(=O)CC[N+](C)(C)Cc1cc2ccc3cccc4ccc(c1)c2c34. The van der Waals surface area contributed by atoms with Crippen LogP contribution in [-0.4, -0.2) is 30.9 Å². The summed E-state index contributed by atoms with van der Waals surface area (Å²) in [6.45, 7) is 7.72. The molecule has 0 aliphatic rings. The van der Waals surface area contributed by atoms with E-state index in [2.05, 4.69) is 68.7 Å². The highest BCUT2D eigenvalue weighted by Gasteiger charge is 2.20. The number of quaternary nitrogens is 1. The van der Waals surface area contributed by atoms with Crippen LogP contribution in [0.2, 0.25) is 0 Å². The molecule has 0 heterocycles. The second-order valence-electron chi connectivity index (χ2n) is 9.24. The normalized spacial score (nSPS) is 12.2. The Morgan fingerprint density at radius 2 is 1.31 bits per heavy atom. The van der Waals surface area contributed by atoms with Crippen molar-refractivity contribution in [1.29, 1.82) is 0 Å². The van der Waals surface area contributed by atoms with Crippen LogP contribution in [0, 0.1) is 0 Å². The summed E-state index contributed by atoms with van der Waals surface area (Å²) in [5.74, 6) is 0.270. The molecule has 0 amide bonds. The summed E-state index contributed by atoms with van der Waals surface area (Å²) in [5, 5.41) is 7.95. The smallest absolute Gasteiger partial charge is 0.164 e. The Bertz CT molecular complexity index is 1180. The van der Waals surface area contributed by atoms with Crippen molar-refractivity contribution in [2.75, 3.05) is 20.6 Å². The van der Waals surface area contributed by atoms with Gasteiger partial charge in [-0.05, 0) is 70.8 Å². The van der Waals surface area contributed by atoms with Gasteiger partial charge in [-0.15, -0.1) is 0 Å². The molecule has 0 N–H and O–H groups in total. The average Bonchev–Trinajstić information content (AvgIpc) is 2.69. The van der Waals surface area contributed by atoms with Crippen LogP contribution in [0.5, 0.6) is 0 Å². The molecule has 0 spiro atoms. The second-order valence-corrected chi connectivity index (χ2v) is 9.24. The molecular weight excluding hydrogens is 354 g/mol. The van der Waals surface area contributed by atoms with Gasteiger partial charge in [-0.1, -0.05) is 48.0 Å². The second kappa shape index (κ2) is 7.27. The van der Waals surface area contributed by atoms with Crippen LogP contribution in [-0.2, 0) is 11.3 Å². The highest BCUT2D eigenvalue weighted by Crippen LogP contribution is 2.35. The van der Waals surface area contributed by atoms with E-state index in [4.69, 9.17) is 0 Å². The number of rotatable bonds is 6. The summed E-state index contributed by atoms with van der Waals surface area (Å²) < 4.78 is 0.801. The molecule has 0 aromatic heterocycles. The molecule has 4 aromatic rings. The lowest BCUT2D eigenvalue weighted by Crippen LogP contribution is -2.40. The lowest BCUT2D eigenvalue weighted by Gasteiger charge is -2.30. The molecular formula is C27H30NO+. The number of hydrogen-bond donors (Lipinski definition) is 0. The maximum Gasteiger partial charge on any atom is 0.164 e. The van der Waals surface area contributed by atoms with Crippen molar-refractivity contribution in [3.05, 3.63) is 71.3 Å². The first kappa shape index (κ1) is 19.6. The minimum atomic E-state index is 0.270. The van der Waals surface area contributed by atoms with Gasteiger partial charge >= 0.3 is 0 Å². The molecule has 0 fully saturated rings. The van der Waals surface area contributed by atoms with Crippen LogP contribution in [0.15, 0.2) is 65.7 Å². The molecule has 0 bridgehead atoms. The van der Waals surface area contributed by atoms with Crippen molar-refractivity contribution in [3.8, 4) is 0 Å². The third kappa shape index (κ3) is 3.77. The molecule has 2 nitrogen and oxygen atoms in total. The maximum atomic E-state index is 12.4. The van der Waals surface area contributed by atoms with Crippen LogP contribution in [0.1, 0.15) is 32.8 Å². The summed E-state index contributed by atoms with van der Waals surface area (Å²) in [6, 6.07) is 20.1.